The number of halogens is 1. The van der Waals surface area contributed by atoms with Crippen molar-refractivity contribution in [3.05, 3.63) is 69.7 Å². The first-order chi connectivity index (χ1) is 9.54. The fraction of sp³-hybridized carbons (Fsp3) is 0.118. The van der Waals surface area contributed by atoms with Crippen molar-refractivity contribution in [1.29, 1.82) is 0 Å². The lowest BCUT2D eigenvalue weighted by atomic mass is 10.1. The van der Waals surface area contributed by atoms with Gasteiger partial charge in [0.2, 0.25) is 5.91 Å². The highest BCUT2D eigenvalue weighted by Crippen LogP contribution is 2.20. The molecule has 3 heteroatoms. The Balaban J connectivity index is 2.01. The monoisotopic (exact) mass is 329 g/mol. The molecular weight excluding hydrogens is 314 g/mol. The molecule has 0 aliphatic carbocycles. The molecule has 0 spiro atoms. The molecule has 0 aliphatic heterocycles. The van der Waals surface area contributed by atoms with Crippen molar-refractivity contribution in [2.75, 3.05) is 5.32 Å². The van der Waals surface area contributed by atoms with Gasteiger partial charge < -0.3 is 5.32 Å². The summed E-state index contributed by atoms with van der Waals surface area (Å²) in [5, 5.41) is 2.85. The number of carbonyl (C=O) groups excluding carboxylic acids is 1. The molecule has 2 aromatic carbocycles. The molecule has 102 valence electrons. The van der Waals surface area contributed by atoms with Gasteiger partial charge in [-0.1, -0.05) is 45.8 Å². The van der Waals surface area contributed by atoms with Crippen LogP contribution in [0.4, 0.5) is 5.69 Å². The fourth-order valence-corrected chi connectivity index (χ4v) is 2.00. The van der Waals surface area contributed by atoms with Gasteiger partial charge in [-0.15, -0.1) is 0 Å². The van der Waals surface area contributed by atoms with Crippen LogP contribution in [0.15, 0.2) is 53.0 Å². The van der Waals surface area contributed by atoms with Crippen molar-refractivity contribution in [1.82, 2.24) is 0 Å². The van der Waals surface area contributed by atoms with Crippen LogP contribution in [0.2, 0.25) is 0 Å². The normalized spacial score (nSPS) is 10.8. The molecule has 0 aromatic heterocycles. The second kappa shape index (κ2) is 6.53. The Hall–Kier alpha value is -1.87. The predicted octanol–water partition coefficient (Wildman–Crippen LogP) is 4.72. The summed E-state index contributed by atoms with van der Waals surface area (Å²) in [6.07, 6.45) is 3.35. The smallest absolute Gasteiger partial charge is 0.248 e. The van der Waals surface area contributed by atoms with Gasteiger partial charge in [-0.05, 0) is 49.2 Å². The zero-order valence-electron chi connectivity index (χ0n) is 11.5. The van der Waals surface area contributed by atoms with Crippen molar-refractivity contribution < 1.29 is 4.79 Å². The van der Waals surface area contributed by atoms with E-state index in [-0.39, 0.29) is 5.91 Å². The summed E-state index contributed by atoms with van der Waals surface area (Å²) in [6.45, 7) is 4.03. The molecule has 2 rings (SSSR count). The van der Waals surface area contributed by atoms with E-state index in [1.54, 1.807) is 12.2 Å². The summed E-state index contributed by atoms with van der Waals surface area (Å²) in [7, 11) is 0. The third kappa shape index (κ3) is 4.07. The van der Waals surface area contributed by atoms with Gasteiger partial charge in [-0.25, -0.2) is 0 Å². The number of carbonyl (C=O) groups is 1. The van der Waals surface area contributed by atoms with Crippen molar-refractivity contribution in [3.63, 3.8) is 0 Å². The molecule has 0 atom stereocenters. The lowest BCUT2D eigenvalue weighted by Crippen LogP contribution is -2.07. The molecule has 0 unspecified atom stereocenters. The first kappa shape index (κ1) is 14.5. The summed E-state index contributed by atoms with van der Waals surface area (Å²) >= 11 is 3.44. The summed E-state index contributed by atoms with van der Waals surface area (Å²) < 4.78 is 1.03. The highest BCUT2D eigenvalue weighted by molar-refractivity contribution is 9.10. The predicted molar refractivity (Wildman–Crippen MR) is 87.7 cm³/mol. The summed E-state index contributed by atoms with van der Waals surface area (Å²) in [6, 6.07) is 13.8. The number of benzene rings is 2. The van der Waals surface area contributed by atoms with E-state index < -0.39 is 0 Å². The lowest BCUT2D eigenvalue weighted by Gasteiger charge is -2.04. The molecular formula is C17H16BrNO. The van der Waals surface area contributed by atoms with Gasteiger partial charge in [0, 0.05) is 16.2 Å². The SMILES string of the molecule is Cc1ccc(C=CC(=O)Nc2ccc(Br)c(C)c2)cc1. The van der Waals surface area contributed by atoms with E-state index in [1.165, 1.54) is 5.56 Å². The van der Waals surface area contributed by atoms with Crippen LogP contribution in [-0.4, -0.2) is 5.91 Å². The molecule has 2 nitrogen and oxygen atoms in total. The first-order valence-electron chi connectivity index (χ1n) is 6.36. The number of rotatable bonds is 3. The maximum Gasteiger partial charge on any atom is 0.248 e. The maximum atomic E-state index is 11.8. The molecule has 20 heavy (non-hydrogen) atoms. The van der Waals surface area contributed by atoms with Crippen LogP contribution < -0.4 is 5.32 Å². The average molecular weight is 330 g/mol. The molecule has 0 bridgehead atoms. The van der Waals surface area contributed by atoms with Gasteiger partial charge in [0.25, 0.3) is 0 Å². The van der Waals surface area contributed by atoms with Crippen LogP contribution in [0.5, 0.6) is 0 Å². The van der Waals surface area contributed by atoms with Crippen LogP contribution in [0.3, 0.4) is 0 Å². The van der Waals surface area contributed by atoms with E-state index in [2.05, 4.69) is 21.2 Å². The highest BCUT2D eigenvalue weighted by Gasteiger charge is 2.00. The summed E-state index contributed by atoms with van der Waals surface area (Å²) in [4.78, 5) is 11.8. The van der Waals surface area contributed by atoms with Gasteiger partial charge in [0.15, 0.2) is 0 Å². The number of nitrogens with one attached hydrogen (secondary N) is 1. The van der Waals surface area contributed by atoms with E-state index in [0.29, 0.717) is 0 Å². The lowest BCUT2D eigenvalue weighted by molar-refractivity contribution is -0.111. The number of hydrogen-bond acceptors (Lipinski definition) is 1. The van der Waals surface area contributed by atoms with Crippen molar-refractivity contribution >= 4 is 33.6 Å². The van der Waals surface area contributed by atoms with Crippen LogP contribution in [0.1, 0.15) is 16.7 Å². The Morgan fingerprint density at radius 2 is 1.80 bits per heavy atom. The second-order valence-electron chi connectivity index (χ2n) is 4.70. The minimum absolute atomic E-state index is 0.132. The highest BCUT2D eigenvalue weighted by atomic mass is 79.9. The van der Waals surface area contributed by atoms with Crippen LogP contribution in [-0.2, 0) is 4.79 Å². The molecule has 0 fully saturated rings. The summed E-state index contributed by atoms with van der Waals surface area (Å²) in [5.74, 6) is -0.132. The van der Waals surface area contributed by atoms with E-state index in [1.807, 2.05) is 56.3 Å². The number of anilines is 1. The van der Waals surface area contributed by atoms with Gasteiger partial charge >= 0.3 is 0 Å². The first-order valence-corrected chi connectivity index (χ1v) is 7.16. The summed E-state index contributed by atoms with van der Waals surface area (Å²) in [5.41, 5.74) is 4.10. The van der Waals surface area contributed by atoms with Crippen LogP contribution in [0.25, 0.3) is 6.08 Å². The van der Waals surface area contributed by atoms with Crippen LogP contribution in [0, 0.1) is 13.8 Å². The van der Waals surface area contributed by atoms with Crippen molar-refractivity contribution in [2.24, 2.45) is 0 Å². The topological polar surface area (TPSA) is 29.1 Å². The quantitative estimate of drug-likeness (QED) is 0.811. The van der Waals surface area contributed by atoms with E-state index in [9.17, 15) is 4.79 Å². The van der Waals surface area contributed by atoms with Crippen LogP contribution >= 0.6 is 15.9 Å². The number of hydrogen-bond donors (Lipinski definition) is 1. The fourth-order valence-electron chi connectivity index (χ4n) is 1.76. The van der Waals surface area contributed by atoms with Gasteiger partial charge in [0.1, 0.15) is 0 Å². The Morgan fingerprint density at radius 3 is 2.45 bits per heavy atom. The third-order valence-corrected chi connectivity index (χ3v) is 3.82. The average Bonchev–Trinajstić information content (AvgIpc) is 2.42. The van der Waals surface area contributed by atoms with Gasteiger partial charge in [0.05, 0.1) is 0 Å². The molecule has 0 aliphatic rings. The molecule has 1 N–H and O–H groups in total. The Kier molecular flexibility index (Phi) is 4.74. The minimum atomic E-state index is -0.132. The minimum Gasteiger partial charge on any atom is -0.323 e. The van der Waals surface area contributed by atoms with Gasteiger partial charge in [-0.3, -0.25) is 4.79 Å². The van der Waals surface area contributed by atoms with E-state index in [0.717, 1.165) is 21.3 Å². The number of amides is 1. The second-order valence-corrected chi connectivity index (χ2v) is 5.55. The maximum absolute atomic E-state index is 11.8. The standard InChI is InChI=1S/C17H16BrNO/c1-12-3-5-14(6-4-12)7-10-17(20)19-15-8-9-16(18)13(2)11-15/h3-11H,1-2H3,(H,19,20). The Labute approximate surface area is 127 Å². The van der Waals surface area contributed by atoms with Crippen molar-refractivity contribution in [3.8, 4) is 0 Å². The molecule has 0 heterocycles. The van der Waals surface area contributed by atoms with E-state index >= 15 is 0 Å². The Morgan fingerprint density at radius 1 is 1.10 bits per heavy atom. The van der Waals surface area contributed by atoms with Crippen molar-refractivity contribution in [2.45, 2.75) is 13.8 Å². The molecule has 1 amide bonds. The zero-order valence-corrected chi connectivity index (χ0v) is 13.1. The van der Waals surface area contributed by atoms with Gasteiger partial charge in [-0.2, -0.15) is 0 Å². The molecule has 0 radical (unpaired) electrons. The molecule has 0 saturated heterocycles. The molecule has 0 saturated carbocycles. The zero-order chi connectivity index (χ0) is 14.5. The Bertz CT molecular complexity index is 645. The largest absolute Gasteiger partial charge is 0.323 e. The number of aryl methyl sites for hydroxylation is 2. The third-order valence-electron chi connectivity index (χ3n) is 2.93. The molecule has 2 aromatic rings. The van der Waals surface area contributed by atoms with E-state index in [4.69, 9.17) is 0 Å².